The van der Waals surface area contributed by atoms with Crippen molar-refractivity contribution in [2.45, 2.75) is 32.4 Å². The third-order valence-corrected chi connectivity index (χ3v) is 6.79. The molecule has 3 aromatic rings. The molecule has 190 valence electrons. The maximum absolute atomic E-state index is 11.5. The largest absolute Gasteiger partial charge is 0.490 e. The molecule has 0 aliphatic carbocycles. The van der Waals surface area contributed by atoms with Crippen LogP contribution in [0.1, 0.15) is 42.5 Å². The van der Waals surface area contributed by atoms with Gasteiger partial charge in [-0.05, 0) is 73.8 Å². The summed E-state index contributed by atoms with van der Waals surface area (Å²) in [6.07, 6.45) is 1.30. The molecule has 0 bridgehead atoms. The topological polar surface area (TPSA) is 62.2 Å². The third kappa shape index (κ3) is 6.18. The summed E-state index contributed by atoms with van der Waals surface area (Å²) in [7, 11) is 4.07. The van der Waals surface area contributed by atoms with Gasteiger partial charge < -0.3 is 19.5 Å². The average Bonchev–Trinajstić information content (AvgIpc) is 2.90. The number of ether oxygens (including phenoxy) is 2. The van der Waals surface area contributed by atoms with Gasteiger partial charge in [0.15, 0.2) is 11.5 Å². The van der Waals surface area contributed by atoms with E-state index in [4.69, 9.17) is 9.47 Å². The first-order valence-electron chi connectivity index (χ1n) is 12.6. The van der Waals surface area contributed by atoms with E-state index in [1.165, 1.54) is 5.56 Å². The number of hydrogen-bond acceptors (Lipinski definition) is 5. The van der Waals surface area contributed by atoms with Crippen LogP contribution in [-0.4, -0.2) is 49.8 Å². The van der Waals surface area contributed by atoms with Crippen LogP contribution in [0.3, 0.4) is 0 Å². The van der Waals surface area contributed by atoms with E-state index in [0.717, 1.165) is 41.4 Å². The quantitative estimate of drug-likeness (QED) is 0.400. The minimum absolute atomic E-state index is 0.00154. The van der Waals surface area contributed by atoms with Gasteiger partial charge in [-0.2, -0.15) is 0 Å². The molecule has 0 amide bonds. The van der Waals surface area contributed by atoms with Crippen molar-refractivity contribution in [1.29, 1.82) is 0 Å². The SMILES string of the molecule is CCOc1cc(C(c2ccc(N(C)C)cc2)N2CCC(C(=O)O)CC2)ccc1OCc1ccccc1. The molecule has 3 aromatic carbocycles. The molecule has 6 heteroatoms. The van der Waals surface area contributed by atoms with Gasteiger partial charge in [0.2, 0.25) is 0 Å². The fraction of sp³-hybridized carbons (Fsp3) is 0.367. The number of carbonyl (C=O) groups is 1. The number of aliphatic carboxylic acids is 1. The molecule has 1 heterocycles. The van der Waals surface area contributed by atoms with Crippen LogP contribution in [0.4, 0.5) is 5.69 Å². The van der Waals surface area contributed by atoms with E-state index in [-0.39, 0.29) is 12.0 Å². The molecule has 1 aliphatic rings. The molecule has 6 nitrogen and oxygen atoms in total. The van der Waals surface area contributed by atoms with E-state index < -0.39 is 5.97 Å². The fourth-order valence-corrected chi connectivity index (χ4v) is 4.79. The highest BCUT2D eigenvalue weighted by atomic mass is 16.5. The lowest BCUT2D eigenvalue weighted by Crippen LogP contribution is -2.39. The molecule has 4 rings (SSSR count). The average molecular weight is 489 g/mol. The fourth-order valence-electron chi connectivity index (χ4n) is 4.79. The second-order valence-electron chi connectivity index (χ2n) is 9.45. The van der Waals surface area contributed by atoms with Gasteiger partial charge in [-0.15, -0.1) is 0 Å². The summed E-state index contributed by atoms with van der Waals surface area (Å²) >= 11 is 0. The summed E-state index contributed by atoms with van der Waals surface area (Å²) in [5.41, 5.74) is 4.53. The van der Waals surface area contributed by atoms with Gasteiger partial charge in [0.1, 0.15) is 6.61 Å². The van der Waals surface area contributed by atoms with E-state index in [1.54, 1.807) is 0 Å². The maximum atomic E-state index is 11.5. The predicted octanol–water partition coefficient (Wildman–Crippen LogP) is 5.62. The number of benzene rings is 3. The van der Waals surface area contributed by atoms with E-state index in [9.17, 15) is 9.90 Å². The smallest absolute Gasteiger partial charge is 0.306 e. The monoisotopic (exact) mass is 488 g/mol. The van der Waals surface area contributed by atoms with E-state index >= 15 is 0 Å². The van der Waals surface area contributed by atoms with Gasteiger partial charge in [-0.1, -0.05) is 48.5 Å². The predicted molar refractivity (Wildman–Crippen MR) is 143 cm³/mol. The molecule has 1 N–H and O–H groups in total. The van der Waals surface area contributed by atoms with Gasteiger partial charge in [0.05, 0.1) is 18.6 Å². The molecule has 1 atom stereocenters. The molecule has 0 spiro atoms. The number of anilines is 1. The summed E-state index contributed by atoms with van der Waals surface area (Å²) in [6.45, 7) is 4.44. The summed E-state index contributed by atoms with van der Waals surface area (Å²) in [6, 6.07) is 24.9. The van der Waals surface area contributed by atoms with Gasteiger partial charge in [0.25, 0.3) is 0 Å². The molecule has 1 fully saturated rings. The van der Waals surface area contributed by atoms with Crippen LogP contribution in [0.2, 0.25) is 0 Å². The van der Waals surface area contributed by atoms with Gasteiger partial charge in [-0.25, -0.2) is 0 Å². The number of carboxylic acid groups (broad SMARTS) is 1. The van der Waals surface area contributed by atoms with Crippen LogP contribution < -0.4 is 14.4 Å². The molecule has 1 unspecified atom stereocenters. The Morgan fingerprint density at radius 1 is 0.944 bits per heavy atom. The highest BCUT2D eigenvalue weighted by Crippen LogP contribution is 2.38. The number of nitrogens with zero attached hydrogens (tertiary/aromatic N) is 2. The maximum Gasteiger partial charge on any atom is 0.306 e. The van der Waals surface area contributed by atoms with Crippen LogP contribution in [0.5, 0.6) is 11.5 Å². The van der Waals surface area contributed by atoms with Crippen molar-refractivity contribution in [3.8, 4) is 11.5 Å². The van der Waals surface area contributed by atoms with Gasteiger partial charge >= 0.3 is 5.97 Å². The summed E-state index contributed by atoms with van der Waals surface area (Å²) < 4.78 is 12.1. The Labute approximate surface area is 214 Å². The van der Waals surface area contributed by atoms with Gasteiger partial charge in [0, 0.05) is 19.8 Å². The van der Waals surface area contributed by atoms with Crippen molar-refractivity contribution >= 4 is 11.7 Å². The Balaban J connectivity index is 1.64. The molecular weight excluding hydrogens is 452 g/mol. The zero-order valence-electron chi connectivity index (χ0n) is 21.4. The van der Waals surface area contributed by atoms with E-state index in [0.29, 0.717) is 26.1 Å². The molecular formula is C30H36N2O4. The van der Waals surface area contributed by atoms with Crippen LogP contribution >= 0.6 is 0 Å². The number of hydrogen-bond donors (Lipinski definition) is 1. The third-order valence-electron chi connectivity index (χ3n) is 6.79. The van der Waals surface area contributed by atoms with E-state index in [1.807, 2.05) is 57.4 Å². The lowest BCUT2D eigenvalue weighted by molar-refractivity contribution is -0.143. The van der Waals surface area contributed by atoms with Crippen molar-refractivity contribution < 1.29 is 19.4 Å². The minimum Gasteiger partial charge on any atom is -0.490 e. The molecule has 0 saturated carbocycles. The Kier molecular flexibility index (Phi) is 8.49. The molecule has 0 radical (unpaired) electrons. The molecule has 36 heavy (non-hydrogen) atoms. The van der Waals surface area contributed by atoms with Crippen LogP contribution in [0, 0.1) is 5.92 Å². The number of rotatable bonds is 10. The first-order chi connectivity index (χ1) is 17.5. The first-order valence-corrected chi connectivity index (χ1v) is 12.6. The summed E-state index contributed by atoms with van der Waals surface area (Å²) in [4.78, 5) is 16.0. The van der Waals surface area contributed by atoms with Crippen molar-refractivity contribution in [2.75, 3.05) is 38.7 Å². The highest BCUT2D eigenvalue weighted by molar-refractivity contribution is 5.70. The highest BCUT2D eigenvalue weighted by Gasteiger charge is 2.30. The Morgan fingerprint density at radius 2 is 1.61 bits per heavy atom. The molecule has 1 aliphatic heterocycles. The van der Waals surface area contributed by atoms with Crippen molar-refractivity contribution in [2.24, 2.45) is 5.92 Å². The second-order valence-corrected chi connectivity index (χ2v) is 9.45. The van der Waals surface area contributed by atoms with Crippen molar-refractivity contribution in [3.05, 3.63) is 89.5 Å². The lowest BCUT2D eigenvalue weighted by atomic mass is 9.91. The Morgan fingerprint density at radius 3 is 2.22 bits per heavy atom. The van der Waals surface area contributed by atoms with Gasteiger partial charge in [-0.3, -0.25) is 9.69 Å². The normalized spacial score (nSPS) is 15.3. The number of carboxylic acids is 1. The molecule has 1 saturated heterocycles. The van der Waals surface area contributed by atoms with Crippen molar-refractivity contribution in [3.63, 3.8) is 0 Å². The zero-order chi connectivity index (χ0) is 25.5. The summed E-state index contributed by atoms with van der Waals surface area (Å²) in [5, 5.41) is 9.48. The van der Waals surface area contributed by atoms with Crippen LogP contribution in [0.15, 0.2) is 72.8 Å². The number of piperidine rings is 1. The first kappa shape index (κ1) is 25.6. The Hall–Kier alpha value is -3.51. The lowest BCUT2D eigenvalue weighted by Gasteiger charge is -2.37. The Bertz CT molecular complexity index is 1120. The van der Waals surface area contributed by atoms with E-state index in [2.05, 4.69) is 46.2 Å². The summed E-state index contributed by atoms with van der Waals surface area (Å²) in [5.74, 6) is 0.475. The van der Waals surface area contributed by atoms with Crippen molar-refractivity contribution in [1.82, 2.24) is 4.90 Å². The molecule has 0 aromatic heterocycles. The number of likely N-dealkylation sites (tertiary alicyclic amines) is 1. The standard InChI is InChI=1S/C30H36N2O4/c1-4-35-28-20-25(12-15-27(28)36-21-22-8-6-5-7-9-22)29(23-10-13-26(14-11-23)31(2)3)32-18-16-24(17-19-32)30(33)34/h5-15,20,24,29H,4,16-19,21H2,1-3H3,(H,33,34). The van der Waals surface area contributed by atoms with Crippen LogP contribution in [0.25, 0.3) is 0 Å². The van der Waals surface area contributed by atoms with Crippen LogP contribution in [-0.2, 0) is 11.4 Å². The minimum atomic E-state index is -0.694. The second kappa shape index (κ2) is 12.0. The zero-order valence-corrected chi connectivity index (χ0v) is 21.4.